The second kappa shape index (κ2) is 6.64. The van der Waals surface area contributed by atoms with Crippen molar-refractivity contribution >= 4 is 17.8 Å². The molecule has 0 saturated heterocycles. The molecule has 0 aliphatic heterocycles. The number of rotatable bonds is 4. The minimum absolute atomic E-state index is 0.0223. The summed E-state index contributed by atoms with van der Waals surface area (Å²) in [6, 6.07) is -3.34. The Bertz CT molecular complexity index is 413. The number of alkyl halides is 3. The van der Waals surface area contributed by atoms with Crippen LogP contribution in [-0.4, -0.2) is 36.1 Å². The number of hydrogen-bond acceptors (Lipinski definition) is 3. The molecule has 0 aromatic rings. The van der Waals surface area contributed by atoms with Crippen molar-refractivity contribution < 1.29 is 27.6 Å². The Balaban J connectivity index is 2.54. The topological polar surface area (TPSA) is 127 Å². The summed E-state index contributed by atoms with van der Waals surface area (Å²) in [5.41, 5.74) is 9.73. The highest BCUT2D eigenvalue weighted by Crippen LogP contribution is 2.37. The van der Waals surface area contributed by atoms with Gasteiger partial charge in [-0.25, -0.2) is 4.79 Å². The van der Waals surface area contributed by atoms with E-state index in [1.165, 1.54) is 0 Å². The first-order chi connectivity index (χ1) is 9.61. The van der Waals surface area contributed by atoms with E-state index in [1.807, 2.05) is 5.32 Å². The van der Waals surface area contributed by atoms with Crippen LogP contribution in [0.5, 0.6) is 0 Å². The predicted octanol–water partition coefficient (Wildman–Crippen LogP) is -0.254. The third-order valence-corrected chi connectivity index (χ3v) is 3.32. The Morgan fingerprint density at radius 3 is 2.14 bits per heavy atom. The summed E-state index contributed by atoms with van der Waals surface area (Å²) >= 11 is 0. The second-order valence-corrected chi connectivity index (χ2v) is 4.96. The Labute approximate surface area is 118 Å². The largest absolute Gasteiger partial charge is 0.391 e. The molecule has 6 N–H and O–H groups in total. The first kappa shape index (κ1) is 17.1. The van der Waals surface area contributed by atoms with Crippen molar-refractivity contribution in [2.45, 2.75) is 43.9 Å². The molecule has 1 aliphatic rings. The van der Waals surface area contributed by atoms with Gasteiger partial charge in [0.2, 0.25) is 11.8 Å². The molecule has 0 radical (unpaired) electrons. The molecule has 1 saturated carbocycles. The highest BCUT2D eigenvalue weighted by Gasteiger charge is 2.42. The summed E-state index contributed by atoms with van der Waals surface area (Å²) in [5, 5.41) is 4.23. The lowest BCUT2D eigenvalue weighted by Crippen LogP contribution is -2.56. The first-order valence-electron chi connectivity index (χ1n) is 6.33. The number of amides is 4. The van der Waals surface area contributed by atoms with Crippen molar-refractivity contribution in [2.75, 3.05) is 0 Å². The molecule has 120 valence electrons. The summed E-state index contributed by atoms with van der Waals surface area (Å²) in [4.78, 5) is 33.3. The molecule has 1 rings (SSSR count). The highest BCUT2D eigenvalue weighted by molar-refractivity contribution is 6.05. The van der Waals surface area contributed by atoms with Crippen molar-refractivity contribution in [3.63, 3.8) is 0 Å². The highest BCUT2D eigenvalue weighted by atomic mass is 19.4. The van der Waals surface area contributed by atoms with Crippen molar-refractivity contribution in [2.24, 2.45) is 17.4 Å². The van der Waals surface area contributed by atoms with Gasteiger partial charge in [0.25, 0.3) is 0 Å². The zero-order chi connectivity index (χ0) is 16.2. The minimum Gasteiger partial charge on any atom is -0.367 e. The van der Waals surface area contributed by atoms with E-state index in [2.05, 4.69) is 5.32 Å². The molecule has 0 bridgehead atoms. The molecule has 0 aromatic heterocycles. The molecule has 0 spiro atoms. The van der Waals surface area contributed by atoms with Crippen LogP contribution in [0.4, 0.5) is 18.0 Å². The molecule has 1 aliphatic carbocycles. The normalized spacial score (nSPS) is 22.7. The van der Waals surface area contributed by atoms with Crippen LogP contribution in [0.3, 0.4) is 0 Å². The number of primary amides is 2. The van der Waals surface area contributed by atoms with Gasteiger partial charge in [-0.2, -0.15) is 13.2 Å². The Morgan fingerprint density at radius 1 is 1.10 bits per heavy atom. The summed E-state index contributed by atoms with van der Waals surface area (Å²) in [6.07, 6.45) is -3.81. The van der Waals surface area contributed by atoms with Gasteiger partial charge in [0.1, 0.15) is 0 Å². The zero-order valence-electron chi connectivity index (χ0n) is 11.1. The average molecular weight is 310 g/mol. The van der Waals surface area contributed by atoms with Gasteiger partial charge in [0.15, 0.2) is 6.04 Å². The second-order valence-electron chi connectivity index (χ2n) is 4.96. The van der Waals surface area contributed by atoms with E-state index in [9.17, 15) is 27.6 Å². The lowest BCUT2D eigenvalue weighted by molar-refractivity contribution is -0.183. The predicted molar refractivity (Wildman–Crippen MR) is 65.6 cm³/mol. The molecule has 0 heterocycles. The van der Waals surface area contributed by atoms with Crippen LogP contribution in [-0.2, 0) is 9.59 Å². The maximum absolute atomic E-state index is 12.6. The van der Waals surface area contributed by atoms with Crippen molar-refractivity contribution in [3.05, 3.63) is 0 Å². The maximum Gasteiger partial charge on any atom is 0.391 e. The molecule has 4 amide bonds. The summed E-state index contributed by atoms with van der Waals surface area (Å²) in [5.74, 6) is -3.76. The standard InChI is InChI=1S/C11H17F3N4O3/c12-11(13,14)5-2-1-3-6(4-5)17-10(21)18-7(8(15)19)9(16)20/h5-7H,1-4H2,(H2,15,19)(H2,16,20)(H2,17,18,21). The van der Waals surface area contributed by atoms with E-state index in [0.29, 0.717) is 12.8 Å². The fourth-order valence-electron chi connectivity index (χ4n) is 2.26. The minimum atomic E-state index is -4.31. The molecule has 1 fully saturated rings. The fourth-order valence-corrected chi connectivity index (χ4v) is 2.26. The van der Waals surface area contributed by atoms with Gasteiger partial charge in [-0.1, -0.05) is 6.42 Å². The smallest absolute Gasteiger partial charge is 0.367 e. The molecule has 7 nitrogen and oxygen atoms in total. The summed E-state index contributed by atoms with van der Waals surface area (Å²) < 4.78 is 37.9. The molecule has 21 heavy (non-hydrogen) atoms. The summed E-state index contributed by atoms with van der Waals surface area (Å²) in [6.45, 7) is 0. The summed E-state index contributed by atoms with van der Waals surface area (Å²) in [7, 11) is 0. The van der Waals surface area contributed by atoms with Gasteiger partial charge in [-0.05, 0) is 19.3 Å². The number of urea groups is 1. The van der Waals surface area contributed by atoms with Crippen LogP contribution in [0.25, 0.3) is 0 Å². The van der Waals surface area contributed by atoms with Gasteiger partial charge in [0.05, 0.1) is 5.92 Å². The number of hydrogen-bond donors (Lipinski definition) is 4. The van der Waals surface area contributed by atoms with Gasteiger partial charge >= 0.3 is 12.2 Å². The Morgan fingerprint density at radius 2 is 1.67 bits per heavy atom. The molecule has 2 atom stereocenters. The van der Waals surface area contributed by atoms with E-state index in [0.717, 1.165) is 0 Å². The van der Waals surface area contributed by atoms with Crippen molar-refractivity contribution in [3.8, 4) is 0 Å². The number of nitrogens with one attached hydrogen (secondary N) is 2. The lowest BCUT2D eigenvalue weighted by atomic mass is 9.85. The number of nitrogens with two attached hydrogens (primary N) is 2. The molecule has 0 aromatic carbocycles. The first-order valence-corrected chi connectivity index (χ1v) is 6.33. The van der Waals surface area contributed by atoms with E-state index in [-0.39, 0.29) is 12.8 Å². The van der Waals surface area contributed by atoms with Crippen LogP contribution in [0.15, 0.2) is 0 Å². The lowest BCUT2D eigenvalue weighted by Gasteiger charge is -2.31. The van der Waals surface area contributed by atoms with Gasteiger partial charge in [-0.3, -0.25) is 9.59 Å². The molecule has 10 heteroatoms. The molecular weight excluding hydrogens is 293 g/mol. The fraction of sp³-hybridized carbons (Fsp3) is 0.727. The monoisotopic (exact) mass is 310 g/mol. The van der Waals surface area contributed by atoms with E-state index in [4.69, 9.17) is 11.5 Å². The average Bonchev–Trinajstić information content (AvgIpc) is 2.34. The van der Waals surface area contributed by atoms with Crippen LogP contribution in [0.1, 0.15) is 25.7 Å². The zero-order valence-corrected chi connectivity index (χ0v) is 11.1. The third-order valence-electron chi connectivity index (χ3n) is 3.32. The van der Waals surface area contributed by atoms with Gasteiger partial charge < -0.3 is 22.1 Å². The van der Waals surface area contributed by atoms with E-state index >= 15 is 0 Å². The van der Waals surface area contributed by atoms with Crippen molar-refractivity contribution in [1.82, 2.24) is 10.6 Å². The van der Waals surface area contributed by atoms with E-state index < -0.39 is 42.0 Å². The molecular formula is C11H17F3N4O3. The third kappa shape index (κ3) is 5.12. The number of carbonyl (C=O) groups is 3. The van der Waals surface area contributed by atoms with Gasteiger partial charge in [-0.15, -0.1) is 0 Å². The van der Waals surface area contributed by atoms with Crippen molar-refractivity contribution in [1.29, 1.82) is 0 Å². The molecule has 2 unspecified atom stereocenters. The van der Waals surface area contributed by atoms with Crippen LogP contribution in [0.2, 0.25) is 0 Å². The van der Waals surface area contributed by atoms with Crippen LogP contribution < -0.4 is 22.1 Å². The number of halogens is 3. The SMILES string of the molecule is NC(=O)C(NC(=O)NC1CCCC(C(F)(F)F)C1)C(N)=O. The Kier molecular flexibility index (Phi) is 5.39. The van der Waals surface area contributed by atoms with E-state index in [1.54, 1.807) is 0 Å². The van der Waals surface area contributed by atoms with Gasteiger partial charge in [0, 0.05) is 6.04 Å². The van der Waals surface area contributed by atoms with Crippen LogP contribution >= 0.6 is 0 Å². The number of carbonyl (C=O) groups excluding carboxylic acids is 3. The maximum atomic E-state index is 12.6. The Hall–Kier alpha value is -2.00. The quantitative estimate of drug-likeness (QED) is 0.534. The van der Waals surface area contributed by atoms with Crippen LogP contribution in [0, 0.1) is 5.92 Å².